The van der Waals surface area contributed by atoms with E-state index < -0.39 is 0 Å². The second-order valence-electron chi connectivity index (χ2n) is 3.69. The largest absolute Gasteiger partial charge is 0.295 e. The number of hydrogen-bond donors (Lipinski definition) is 0. The molecule has 2 rings (SSSR count). The van der Waals surface area contributed by atoms with Crippen molar-refractivity contribution in [2.45, 2.75) is 13.3 Å². The molecule has 15 heavy (non-hydrogen) atoms. The highest BCUT2D eigenvalue weighted by Crippen LogP contribution is 2.25. The average molecular weight is 270 g/mol. The number of rotatable bonds is 2. The van der Waals surface area contributed by atoms with Crippen LogP contribution in [0.25, 0.3) is 0 Å². The predicted molar refractivity (Wildman–Crippen MR) is 61.0 cm³/mol. The number of halogens is 1. The molecular weight excluding hydrogens is 258 g/mol. The maximum Gasteiger partial charge on any atom is 0.228 e. The van der Waals surface area contributed by atoms with Gasteiger partial charge in [0, 0.05) is 30.7 Å². The Bertz CT molecular complexity index is 383. The van der Waals surface area contributed by atoms with Gasteiger partial charge in [0.2, 0.25) is 5.91 Å². The minimum Gasteiger partial charge on any atom is -0.295 e. The van der Waals surface area contributed by atoms with E-state index in [-0.39, 0.29) is 5.91 Å². The quantitative estimate of drug-likeness (QED) is 0.766. The number of carbonyl (C=O) groups is 1. The lowest BCUT2D eigenvalue weighted by atomic mass is 10.2. The SMILES string of the molecule is Cc1nccnc1N1CC(CBr)CC1=O. The summed E-state index contributed by atoms with van der Waals surface area (Å²) in [6.45, 7) is 2.61. The second kappa shape index (κ2) is 4.26. The number of hydrogen-bond acceptors (Lipinski definition) is 3. The molecule has 1 aromatic heterocycles. The van der Waals surface area contributed by atoms with Gasteiger partial charge in [-0.05, 0) is 12.8 Å². The second-order valence-corrected chi connectivity index (χ2v) is 4.34. The number of anilines is 1. The van der Waals surface area contributed by atoms with E-state index >= 15 is 0 Å². The standard InChI is InChI=1S/C10H12BrN3O/c1-7-10(13-3-2-12-7)14-6-8(5-11)4-9(14)15/h2-3,8H,4-6H2,1H3. The molecule has 1 atom stereocenters. The summed E-state index contributed by atoms with van der Waals surface area (Å²) in [6.07, 6.45) is 3.86. The van der Waals surface area contributed by atoms with Gasteiger partial charge in [-0.15, -0.1) is 0 Å². The van der Waals surface area contributed by atoms with Crippen LogP contribution in [0, 0.1) is 12.8 Å². The van der Waals surface area contributed by atoms with E-state index in [1.54, 1.807) is 17.3 Å². The summed E-state index contributed by atoms with van der Waals surface area (Å²) in [5.74, 6) is 1.23. The summed E-state index contributed by atoms with van der Waals surface area (Å²) in [5.41, 5.74) is 0.807. The van der Waals surface area contributed by atoms with Crippen LogP contribution in [0.5, 0.6) is 0 Å². The van der Waals surface area contributed by atoms with Crippen LogP contribution >= 0.6 is 15.9 Å². The molecule has 1 aliphatic heterocycles. The van der Waals surface area contributed by atoms with Crippen LogP contribution in [0.2, 0.25) is 0 Å². The molecule has 2 heterocycles. The fourth-order valence-corrected chi connectivity index (χ4v) is 2.19. The Morgan fingerprint density at radius 1 is 1.53 bits per heavy atom. The number of amides is 1. The van der Waals surface area contributed by atoms with Crippen molar-refractivity contribution in [2.24, 2.45) is 5.92 Å². The number of alkyl halides is 1. The highest BCUT2D eigenvalue weighted by molar-refractivity contribution is 9.09. The normalized spacial score (nSPS) is 21.1. The molecule has 1 amide bonds. The third-order valence-corrected chi connectivity index (χ3v) is 3.45. The first-order valence-corrected chi connectivity index (χ1v) is 5.98. The molecule has 0 N–H and O–H groups in total. The number of nitrogens with zero attached hydrogens (tertiary/aromatic N) is 3. The van der Waals surface area contributed by atoms with E-state index in [0.29, 0.717) is 18.2 Å². The zero-order valence-electron chi connectivity index (χ0n) is 8.48. The summed E-state index contributed by atoms with van der Waals surface area (Å²) in [4.78, 5) is 21.8. The van der Waals surface area contributed by atoms with Gasteiger partial charge in [0.15, 0.2) is 5.82 Å². The Balaban J connectivity index is 2.25. The summed E-state index contributed by atoms with van der Waals surface area (Å²) in [7, 11) is 0. The van der Waals surface area contributed by atoms with Crippen molar-refractivity contribution >= 4 is 27.7 Å². The van der Waals surface area contributed by atoms with Gasteiger partial charge in [-0.3, -0.25) is 14.7 Å². The summed E-state index contributed by atoms with van der Waals surface area (Å²) in [5, 5.41) is 0.856. The van der Waals surface area contributed by atoms with Gasteiger partial charge >= 0.3 is 0 Å². The molecule has 0 aliphatic carbocycles. The molecule has 80 valence electrons. The van der Waals surface area contributed by atoms with Crippen molar-refractivity contribution in [2.75, 3.05) is 16.8 Å². The summed E-state index contributed by atoms with van der Waals surface area (Å²) < 4.78 is 0. The molecule has 0 radical (unpaired) electrons. The maximum absolute atomic E-state index is 11.7. The molecule has 0 saturated carbocycles. The Morgan fingerprint density at radius 2 is 2.27 bits per heavy atom. The molecule has 0 bridgehead atoms. The monoisotopic (exact) mass is 269 g/mol. The fourth-order valence-electron chi connectivity index (χ4n) is 1.75. The molecule has 1 aliphatic rings. The Morgan fingerprint density at radius 3 is 2.87 bits per heavy atom. The van der Waals surface area contributed by atoms with Crippen LogP contribution in [-0.4, -0.2) is 27.7 Å². The average Bonchev–Trinajstić information content (AvgIpc) is 2.60. The van der Waals surface area contributed by atoms with E-state index in [0.717, 1.165) is 17.6 Å². The van der Waals surface area contributed by atoms with Crippen LogP contribution < -0.4 is 4.90 Å². The van der Waals surface area contributed by atoms with Gasteiger partial charge in [-0.25, -0.2) is 4.98 Å². The van der Waals surface area contributed by atoms with Crippen molar-refractivity contribution in [3.8, 4) is 0 Å². The highest BCUT2D eigenvalue weighted by atomic mass is 79.9. The zero-order chi connectivity index (χ0) is 10.8. The van der Waals surface area contributed by atoms with Crippen LogP contribution in [0.15, 0.2) is 12.4 Å². The van der Waals surface area contributed by atoms with E-state index in [2.05, 4.69) is 25.9 Å². The van der Waals surface area contributed by atoms with Crippen molar-refractivity contribution in [1.29, 1.82) is 0 Å². The molecule has 5 heteroatoms. The molecule has 0 aromatic carbocycles. The Hall–Kier alpha value is -0.970. The molecule has 1 fully saturated rings. The van der Waals surface area contributed by atoms with E-state index in [1.165, 1.54) is 0 Å². The first kappa shape index (κ1) is 10.5. The topological polar surface area (TPSA) is 46.1 Å². The van der Waals surface area contributed by atoms with Crippen LogP contribution in [0.4, 0.5) is 5.82 Å². The Labute approximate surface area is 96.8 Å². The van der Waals surface area contributed by atoms with Gasteiger partial charge in [0.05, 0.1) is 5.69 Å². The molecule has 1 unspecified atom stereocenters. The first-order valence-electron chi connectivity index (χ1n) is 4.86. The van der Waals surface area contributed by atoms with Gasteiger partial charge in [0.1, 0.15) is 0 Å². The van der Waals surface area contributed by atoms with Crippen molar-refractivity contribution < 1.29 is 4.79 Å². The zero-order valence-corrected chi connectivity index (χ0v) is 10.1. The summed E-state index contributed by atoms with van der Waals surface area (Å²) in [6, 6.07) is 0. The fraction of sp³-hybridized carbons (Fsp3) is 0.500. The van der Waals surface area contributed by atoms with E-state index in [4.69, 9.17) is 0 Å². The van der Waals surface area contributed by atoms with Crippen LogP contribution in [0.1, 0.15) is 12.1 Å². The molecule has 0 spiro atoms. The maximum atomic E-state index is 11.7. The van der Waals surface area contributed by atoms with Gasteiger partial charge in [0.25, 0.3) is 0 Å². The van der Waals surface area contributed by atoms with E-state index in [1.807, 2.05) is 6.92 Å². The van der Waals surface area contributed by atoms with Crippen molar-refractivity contribution in [3.05, 3.63) is 18.1 Å². The third kappa shape index (κ3) is 2.02. The minimum atomic E-state index is 0.142. The minimum absolute atomic E-state index is 0.142. The molecule has 4 nitrogen and oxygen atoms in total. The lowest BCUT2D eigenvalue weighted by Gasteiger charge is -2.16. The highest BCUT2D eigenvalue weighted by Gasteiger charge is 2.31. The molecular formula is C10H12BrN3O. The van der Waals surface area contributed by atoms with Crippen LogP contribution in [0.3, 0.4) is 0 Å². The predicted octanol–water partition coefficient (Wildman–Crippen LogP) is 1.53. The van der Waals surface area contributed by atoms with Crippen molar-refractivity contribution in [3.63, 3.8) is 0 Å². The Kier molecular flexibility index (Phi) is 3.00. The smallest absolute Gasteiger partial charge is 0.228 e. The van der Waals surface area contributed by atoms with Gasteiger partial charge < -0.3 is 0 Å². The van der Waals surface area contributed by atoms with Crippen molar-refractivity contribution in [1.82, 2.24) is 9.97 Å². The first-order chi connectivity index (χ1) is 7.22. The van der Waals surface area contributed by atoms with E-state index in [9.17, 15) is 4.79 Å². The lowest BCUT2D eigenvalue weighted by molar-refractivity contribution is -0.117. The number of aromatic nitrogens is 2. The number of aryl methyl sites for hydroxylation is 1. The van der Waals surface area contributed by atoms with Gasteiger partial charge in [-0.2, -0.15) is 0 Å². The lowest BCUT2D eigenvalue weighted by Crippen LogP contribution is -2.26. The van der Waals surface area contributed by atoms with Crippen LogP contribution in [-0.2, 0) is 4.79 Å². The molecule has 1 saturated heterocycles. The number of carbonyl (C=O) groups excluding carboxylic acids is 1. The third-order valence-electron chi connectivity index (χ3n) is 2.53. The molecule has 1 aromatic rings. The summed E-state index contributed by atoms with van der Waals surface area (Å²) >= 11 is 3.41. The van der Waals surface area contributed by atoms with Gasteiger partial charge in [-0.1, -0.05) is 15.9 Å².